The molecule has 17 heavy (non-hydrogen) atoms. The Hall–Kier alpha value is -1.23. The number of alkyl halides is 3. The van der Waals surface area contributed by atoms with Crippen molar-refractivity contribution in [1.82, 2.24) is 0 Å². The lowest BCUT2D eigenvalue weighted by molar-refractivity contribution is -0.206. The van der Waals surface area contributed by atoms with Gasteiger partial charge in [0.15, 0.2) is 6.10 Å². The molecule has 0 spiro atoms. The van der Waals surface area contributed by atoms with Crippen molar-refractivity contribution in [2.45, 2.75) is 38.7 Å². The fraction of sp³-hybridized carbons (Fsp3) is 0.500. The first-order chi connectivity index (χ1) is 7.59. The Bertz CT molecular complexity index is 363. The van der Waals surface area contributed by atoms with Crippen LogP contribution in [0, 0.1) is 0 Å². The lowest BCUT2D eigenvalue weighted by Gasteiger charge is -2.22. The van der Waals surface area contributed by atoms with Crippen LogP contribution < -0.4 is 4.74 Å². The van der Waals surface area contributed by atoms with Crippen molar-refractivity contribution in [3.63, 3.8) is 0 Å². The van der Waals surface area contributed by atoms with E-state index in [1.165, 1.54) is 24.3 Å². The summed E-state index contributed by atoms with van der Waals surface area (Å²) in [6.07, 6.45) is -7.10. The number of aliphatic hydroxyl groups excluding tert-OH is 1. The molecule has 0 amide bonds. The van der Waals surface area contributed by atoms with Crippen molar-refractivity contribution in [3.8, 4) is 5.75 Å². The predicted molar refractivity (Wildman–Crippen MR) is 57.8 cm³/mol. The van der Waals surface area contributed by atoms with Crippen LogP contribution in [0.4, 0.5) is 13.2 Å². The van der Waals surface area contributed by atoms with Crippen LogP contribution in [0.3, 0.4) is 0 Å². The van der Waals surface area contributed by atoms with Gasteiger partial charge in [-0.1, -0.05) is 12.1 Å². The van der Waals surface area contributed by atoms with E-state index in [2.05, 4.69) is 0 Å². The maximum absolute atomic E-state index is 12.2. The Morgan fingerprint density at radius 2 is 1.53 bits per heavy atom. The molecular formula is C12H15F3O2. The van der Waals surface area contributed by atoms with Gasteiger partial charge in [-0.05, 0) is 38.5 Å². The molecule has 1 rings (SSSR count). The number of halogens is 3. The fourth-order valence-corrected chi connectivity index (χ4v) is 1.26. The van der Waals surface area contributed by atoms with Crippen LogP contribution in [0.15, 0.2) is 24.3 Å². The second kappa shape index (κ2) is 4.56. The van der Waals surface area contributed by atoms with E-state index in [1.807, 2.05) is 20.8 Å². The second-order valence-corrected chi connectivity index (χ2v) is 4.73. The van der Waals surface area contributed by atoms with E-state index in [0.717, 1.165) is 0 Å². The monoisotopic (exact) mass is 248 g/mol. The molecule has 0 fully saturated rings. The molecule has 1 N–H and O–H groups in total. The van der Waals surface area contributed by atoms with E-state index in [1.54, 1.807) is 0 Å². The zero-order valence-corrected chi connectivity index (χ0v) is 9.88. The third-order valence-corrected chi connectivity index (χ3v) is 1.93. The molecule has 0 bridgehead atoms. The van der Waals surface area contributed by atoms with E-state index in [0.29, 0.717) is 5.75 Å². The van der Waals surface area contributed by atoms with Gasteiger partial charge in [-0.15, -0.1) is 0 Å². The molecule has 1 atom stereocenters. The van der Waals surface area contributed by atoms with Gasteiger partial charge in [-0.25, -0.2) is 0 Å². The molecule has 96 valence electrons. The SMILES string of the molecule is CC(C)(C)Oc1ccc([C@@H](O)C(F)(F)F)cc1. The van der Waals surface area contributed by atoms with E-state index in [4.69, 9.17) is 9.84 Å². The summed E-state index contributed by atoms with van der Waals surface area (Å²) in [5.74, 6) is 0.468. The summed E-state index contributed by atoms with van der Waals surface area (Å²) in [5, 5.41) is 9.01. The van der Waals surface area contributed by atoms with Crippen molar-refractivity contribution in [2.75, 3.05) is 0 Å². The van der Waals surface area contributed by atoms with Crippen LogP contribution in [0.1, 0.15) is 32.4 Å². The zero-order chi connectivity index (χ0) is 13.3. The van der Waals surface area contributed by atoms with E-state index < -0.39 is 17.9 Å². The molecule has 0 aliphatic heterocycles. The minimum Gasteiger partial charge on any atom is -0.488 e. The molecule has 0 aliphatic carbocycles. The molecule has 0 unspecified atom stereocenters. The van der Waals surface area contributed by atoms with Gasteiger partial charge in [-0.2, -0.15) is 13.2 Å². The van der Waals surface area contributed by atoms with Gasteiger partial charge in [0.1, 0.15) is 11.4 Å². The van der Waals surface area contributed by atoms with Crippen molar-refractivity contribution >= 4 is 0 Å². The Labute approximate surface area is 98.0 Å². The summed E-state index contributed by atoms with van der Waals surface area (Å²) in [4.78, 5) is 0. The highest BCUT2D eigenvalue weighted by atomic mass is 19.4. The fourth-order valence-electron chi connectivity index (χ4n) is 1.26. The van der Waals surface area contributed by atoms with Gasteiger partial charge in [0.25, 0.3) is 0 Å². The van der Waals surface area contributed by atoms with Gasteiger partial charge in [0.05, 0.1) is 0 Å². The number of hydrogen-bond acceptors (Lipinski definition) is 2. The summed E-state index contributed by atoms with van der Waals surface area (Å²) in [6.45, 7) is 5.52. The number of benzene rings is 1. The van der Waals surface area contributed by atoms with E-state index >= 15 is 0 Å². The smallest absolute Gasteiger partial charge is 0.418 e. The molecule has 0 saturated carbocycles. The first-order valence-electron chi connectivity index (χ1n) is 5.13. The Balaban J connectivity index is 2.82. The molecule has 1 aromatic rings. The third-order valence-electron chi connectivity index (χ3n) is 1.93. The lowest BCUT2D eigenvalue weighted by atomic mass is 10.1. The van der Waals surface area contributed by atoms with E-state index in [-0.39, 0.29) is 5.56 Å². The summed E-state index contributed by atoms with van der Waals surface area (Å²) < 4.78 is 42.1. The van der Waals surface area contributed by atoms with Crippen molar-refractivity contribution in [2.24, 2.45) is 0 Å². The Morgan fingerprint density at radius 1 is 1.06 bits per heavy atom. The number of hydrogen-bond donors (Lipinski definition) is 1. The largest absolute Gasteiger partial charge is 0.488 e. The Morgan fingerprint density at radius 3 is 1.88 bits per heavy atom. The molecule has 2 nitrogen and oxygen atoms in total. The average molecular weight is 248 g/mol. The minimum atomic E-state index is -4.65. The number of aliphatic hydroxyl groups is 1. The number of ether oxygens (including phenoxy) is 1. The van der Waals surface area contributed by atoms with Gasteiger partial charge in [0.2, 0.25) is 0 Å². The maximum atomic E-state index is 12.2. The van der Waals surface area contributed by atoms with Gasteiger partial charge >= 0.3 is 6.18 Å². The molecule has 0 saturated heterocycles. The van der Waals surface area contributed by atoms with Gasteiger partial charge in [-0.3, -0.25) is 0 Å². The van der Waals surface area contributed by atoms with Crippen LogP contribution in [0.2, 0.25) is 0 Å². The molecular weight excluding hydrogens is 233 g/mol. The normalized spacial score (nSPS) is 14.5. The quantitative estimate of drug-likeness (QED) is 0.868. The Kier molecular flexibility index (Phi) is 3.71. The first-order valence-corrected chi connectivity index (χ1v) is 5.13. The first kappa shape index (κ1) is 13.8. The summed E-state index contributed by atoms with van der Waals surface area (Å²) in [5.41, 5.74) is -0.608. The molecule has 1 aromatic carbocycles. The molecule has 0 aromatic heterocycles. The highest BCUT2D eigenvalue weighted by Gasteiger charge is 2.39. The third kappa shape index (κ3) is 4.26. The van der Waals surface area contributed by atoms with Gasteiger partial charge in [0, 0.05) is 0 Å². The van der Waals surface area contributed by atoms with Crippen LogP contribution in [-0.2, 0) is 0 Å². The highest BCUT2D eigenvalue weighted by molar-refractivity contribution is 5.29. The number of rotatable bonds is 2. The van der Waals surface area contributed by atoms with Crippen LogP contribution in [0.5, 0.6) is 5.75 Å². The van der Waals surface area contributed by atoms with Crippen molar-refractivity contribution < 1.29 is 23.0 Å². The molecule has 0 heterocycles. The van der Waals surface area contributed by atoms with Crippen LogP contribution in [-0.4, -0.2) is 16.9 Å². The molecule has 5 heteroatoms. The average Bonchev–Trinajstić information content (AvgIpc) is 2.14. The molecule has 0 aliphatic rings. The summed E-state index contributed by atoms with van der Waals surface area (Å²) in [7, 11) is 0. The standard InChI is InChI=1S/C12H15F3O2/c1-11(2,3)17-9-6-4-8(5-7-9)10(16)12(13,14)15/h4-7,10,16H,1-3H3/t10-/m1/s1. The summed E-state index contributed by atoms with van der Waals surface area (Å²) in [6, 6.07) is 5.24. The van der Waals surface area contributed by atoms with Crippen molar-refractivity contribution in [3.05, 3.63) is 29.8 Å². The summed E-state index contributed by atoms with van der Waals surface area (Å²) >= 11 is 0. The zero-order valence-electron chi connectivity index (χ0n) is 9.88. The lowest BCUT2D eigenvalue weighted by Crippen LogP contribution is -2.23. The minimum absolute atomic E-state index is 0.196. The topological polar surface area (TPSA) is 29.5 Å². The van der Waals surface area contributed by atoms with Crippen LogP contribution >= 0.6 is 0 Å². The van der Waals surface area contributed by atoms with E-state index in [9.17, 15) is 13.2 Å². The molecule has 0 radical (unpaired) electrons. The maximum Gasteiger partial charge on any atom is 0.418 e. The second-order valence-electron chi connectivity index (χ2n) is 4.73. The highest BCUT2D eigenvalue weighted by Crippen LogP contribution is 2.33. The predicted octanol–water partition coefficient (Wildman–Crippen LogP) is 3.46. The van der Waals surface area contributed by atoms with Crippen molar-refractivity contribution in [1.29, 1.82) is 0 Å². The van der Waals surface area contributed by atoms with Gasteiger partial charge < -0.3 is 9.84 Å². The van der Waals surface area contributed by atoms with Crippen LogP contribution in [0.25, 0.3) is 0 Å².